The first-order valence-corrected chi connectivity index (χ1v) is 2.49. The molecule has 0 aromatic carbocycles. The van der Waals surface area contributed by atoms with Crippen LogP contribution in [-0.4, -0.2) is 6.43 Å². The number of alkyl halides is 2. The summed E-state index contributed by atoms with van der Waals surface area (Å²) in [6.07, 6.45) is -2.97. The molecule has 0 bridgehead atoms. The van der Waals surface area contributed by atoms with Crippen LogP contribution in [0.2, 0.25) is 0 Å². The maximum Gasteiger partial charge on any atom is 0.275 e. The lowest BCUT2D eigenvalue weighted by Crippen LogP contribution is -1.95. The second-order valence-electron chi connectivity index (χ2n) is 1.25. The Morgan fingerprint density at radius 3 is 1.90 bits per heavy atom. The van der Waals surface area contributed by atoms with Crippen LogP contribution in [0, 0.1) is 22.7 Å². The number of halogens is 3. The van der Waals surface area contributed by atoms with E-state index >= 15 is 0 Å². The highest BCUT2D eigenvalue weighted by Crippen LogP contribution is 2.14. The Bertz CT molecular complexity index is 233. The lowest BCUT2D eigenvalue weighted by Gasteiger charge is -1.92. The fraction of sp³-hybridized carbons (Fsp3) is 0.200. The minimum atomic E-state index is -2.97. The molecule has 10 heavy (non-hydrogen) atoms. The van der Waals surface area contributed by atoms with Crippen molar-refractivity contribution in [1.82, 2.24) is 0 Å². The third-order valence-corrected chi connectivity index (χ3v) is 0.961. The van der Waals surface area contributed by atoms with E-state index in [9.17, 15) is 8.78 Å². The summed E-state index contributed by atoms with van der Waals surface area (Å²) < 4.78 is 23.2. The van der Waals surface area contributed by atoms with Crippen molar-refractivity contribution in [3.05, 3.63) is 10.6 Å². The van der Waals surface area contributed by atoms with Crippen LogP contribution in [0.3, 0.4) is 0 Å². The molecule has 0 aliphatic rings. The molecule has 0 atom stereocenters. The summed E-state index contributed by atoms with van der Waals surface area (Å²) >= 11 is 4.94. The van der Waals surface area contributed by atoms with Crippen molar-refractivity contribution >= 4 is 11.6 Å². The van der Waals surface area contributed by atoms with Crippen LogP contribution >= 0.6 is 11.6 Å². The molecule has 0 fully saturated rings. The molecule has 0 aliphatic heterocycles. The van der Waals surface area contributed by atoms with Gasteiger partial charge in [-0.05, 0) is 0 Å². The van der Waals surface area contributed by atoms with E-state index < -0.39 is 17.0 Å². The van der Waals surface area contributed by atoms with Crippen LogP contribution < -0.4 is 0 Å². The van der Waals surface area contributed by atoms with Gasteiger partial charge in [0.05, 0.1) is 0 Å². The van der Waals surface area contributed by atoms with E-state index in [1.54, 1.807) is 0 Å². The van der Waals surface area contributed by atoms with Gasteiger partial charge in [-0.1, -0.05) is 11.6 Å². The number of nitrogens with zero attached hydrogens (tertiary/aromatic N) is 2. The van der Waals surface area contributed by atoms with E-state index in [4.69, 9.17) is 22.1 Å². The van der Waals surface area contributed by atoms with Crippen LogP contribution in [0.25, 0.3) is 0 Å². The van der Waals surface area contributed by atoms with Crippen molar-refractivity contribution in [2.24, 2.45) is 0 Å². The summed E-state index contributed by atoms with van der Waals surface area (Å²) in [5.74, 6) is 0. The van der Waals surface area contributed by atoms with Gasteiger partial charge >= 0.3 is 0 Å². The molecule has 0 aromatic rings. The van der Waals surface area contributed by atoms with E-state index in [0.717, 1.165) is 6.07 Å². The van der Waals surface area contributed by atoms with Gasteiger partial charge in [-0.15, -0.1) is 0 Å². The first kappa shape index (κ1) is 8.87. The van der Waals surface area contributed by atoms with Gasteiger partial charge in [-0.2, -0.15) is 10.5 Å². The highest BCUT2D eigenvalue weighted by Gasteiger charge is 2.14. The Morgan fingerprint density at radius 2 is 1.80 bits per heavy atom. The van der Waals surface area contributed by atoms with Gasteiger partial charge in [0.1, 0.15) is 22.7 Å². The third-order valence-electron chi connectivity index (χ3n) is 0.673. The zero-order valence-electron chi connectivity index (χ0n) is 4.61. The summed E-state index contributed by atoms with van der Waals surface area (Å²) in [5, 5.41) is 15.2. The highest BCUT2D eigenvalue weighted by molar-refractivity contribution is 6.32. The minimum absolute atomic E-state index is 0.752. The lowest BCUT2D eigenvalue weighted by atomic mass is 10.3. The first-order valence-electron chi connectivity index (χ1n) is 2.11. The summed E-state index contributed by atoms with van der Waals surface area (Å²) in [6.45, 7) is 0. The summed E-state index contributed by atoms with van der Waals surface area (Å²) in [5.41, 5.74) is -0.982. The molecule has 0 amide bonds. The molecule has 52 valence electrons. The monoisotopic (exact) mass is 162 g/mol. The molecule has 0 rings (SSSR count). The predicted molar refractivity (Wildman–Crippen MR) is 30.1 cm³/mol. The molecular formula is C5HClF2N2. The van der Waals surface area contributed by atoms with Crippen molar-refractivity contribution < 1.29 is 8.78 Å². The molecule has 0 radical (unpaired) electrons. The minimum Gasteiger partial charge on any atom is -0.204 e. The van der Waals surface area contributed by atoms with Gasteiger partial charge < -0.3 is 0 Å². The molecule has 0 N–H and O–H groups in total. The van der Waals surface area contributed by atoms with E-state index in [1.807, 2.05) is 0 Å². The SMILES string of the molecule is N#CC(Cl)=C(C#N)C(F)F. The van der Waals surface area contributed by atoms with Crippen LogP contribution in [0.4, 0.5) is 8.78 Å². The molecule has 0 saturated heterocycles. The molecule has 2 nitrogen and oxygen atoms in total. The number of hydrogen-bond donors (Lipinski definition) is 0. The van der Waals surface area contributed by atoms with Crippen LogP contribution in [-0.2, 0) is 0 Å². The zero-order valence-corrected chi connectivity index (χ0v) is 5.36. The largest absolute Gasteiger partial charge is 0.275 e. The molecule has 0 saturated carbocycles. The molecule has 0 heterocycles. The fourth-order valence-corrected chi connectivity index (χ4v) is 0.379. The predicted octanol–water partition coefficient (Wildman–Crippen LogP) is 1.79. The van der Waals surface area contributed by atoms with Gasteiger partial charge in [0, 0.05) is 0 Å². The molecular weight excluding hydrogens is 162 g/mol. The van der Waals surface area contributed by atoms with Gasteiger partial charge in [0.25, 0.3) is 6.43 Å². The van der Waals surface area contributed by atoms with Crippen LogP contribution in [0.15, 0.2) is 10.6 Å². The Labute approximate surface area is 60.9 Å². The third kappa shape index (κ3) is 2.00. The maximum atomic E-state index is 11.6. The molecule has 5 heteroatoms. The summed E-state index contributed by atoms with van der Waals surface area (Å²) in [6, 6.07) is 2.37. The van der Waals surface area contributed by atoms with Crippen LogP contribution in [0.5, 0.6) is 0 Å². The smallest absolute Gasteiger partial charge is 0.204 e. The lowest BCUT2D eigenvalue weighted by molar-refractivity contribution is 0.195. The Hall–Kier alpha value is -1.13. The number of hydrogen-bond acceptors (Lipinski definition) is 2. The van der Waals surface area contributed by atoms with Gasteiger partial charge in [0.2, 0.25) is 0 Å². The zero-order chi connectivity index (χ0) is 8.15. The van der Waals surface area contributed by atoms with Gasteiger partial charge in [0.15, 0.2) is 0 Å². The molecule has 0 unspecified atom stereocenters. The van der Waals surface area contributed by atoms with Gasteiger partial charge in [-0.3, -0.25) is 0 Å². The Balaban J connectivity index is 4.73. The number of allylic oxidation sites excluding steroid dienone is 2. The second-order valence-corrected chi connectivity index (χ2v) is 1.63. The highest BCUT2D eigenvalue weighted by atomic mass is 35.5. The van der Waals surface area contributed by atoms with E-state index in [-0.39, 0.29) is 0 Å². The van der Waals surface area contributed by atoms with Crippen LogP contribution in [0.1, 0.15) is 0 Å². The fourth-order valence-electron chi connectivity index (χ4n) is 0.254. The van der Waals surface area contributed by atoms with E-state index in [0.29, 0.717) is 0 Å². The normalized spacial score (nSPS) is 11.8. The van der Waals surface area contributed by atoms with Crippen molar-refractivity contribution in [3.8, 4) is 12.1 Å². The van der Waals surface area contributed by atoms with Crippen molar-refractivity contribution in [1.29, 1.82) is 10.5 Å². The average molecular weight is 163 g/mol. The van der Waals surface area contributed by atoms with Crippen molar-refractivity contribution in [2.45, 2.75) is 6.43 Å². The average Bonchev–Trinajstić information content (AvgIpc) is 1.88. The van der Waals surface area contributed by atoms with E-state index in [1.165, 1.54) is 6.07 Å². The number of nitriles is 2. The van der Waals surface area contributed by atoms with Gasteiger partial charge in [-0.25, -0.2) is 8.78 Å². The van der Waals surface area contributed by atoms with Crippen molar-refractivity contribution in [3.63, 3.8) is 0 Å². The standard InChI is InChI=1S/C5HClF2N2/c6-4(2-10)3(1-9)5(7)8/h5H. The number of rotatable bonds is 1. The maximum absolute atomic E-state index is 11.6. The van der Waals surface area contributed by atoms with E-state index in [2.05, 4.69) is 0 Å². The Morgan fingerprint density at radius 1 is 1.30 bits per heavy atom. The molecule has 0 aliphatic carbocycles. The summed E-state index contributed by atoms with van der Waals surface area (Å²) in [4.78, 5) is 0. The van der Waals surface area contributed by atoms with Crippen molar-refractivity contribution in [2.75, 3.05) is 0 Å². The second kappa shape index (κ2) is 3.81. The molecule has 0 spiro atoms. The topological polar surface area (TPSA) is 47.6 Å². The molecule has 0 aromatic heterocycles. The Kier molecular flexibility index (Phi) is 3.38. The first-order chi connectivity index (χ1) is 4.63. The summed E-state index contributed by atoms with van der Waals surface area (Å²) in [7, 11) is 0. The quantitative estimate of drug-likeness (QED) is 0.552.